The first kappa shape index (κ1) is 20.9. The fraction of sp³-hybridized carbons (Fsp3) is 0.385. The highest BCUT2D eigenvalue weighted by Gasteiger charge is 2.35. The van der Waals surface area contributed by atoms with Gasteiger partial charge in [0.15, 0.2) is 5.82 Å². The second-order valence-corrected chi connectivity index (χ2v) is 9.26. The molecule has 2 aromatic carbocycles. The molecule has 1 aliphatic heterocycles. The minimum atomic E-state index is -0.379. The van der Waals surface area contributed by atoms with Crippen molar-refractivity contribution < 1.29 is 4.74 Å². The Morgan fingerprint density at radius 3 is 2.79 bits per heavy atom. The number of hydrogen-bond acceptors (Lipinski definition) is 6. The number of anilines is 1. The van der Waals surface area contributed by atoms with Crippen molar-refractivity contribution >= 4 is 16.6 Å². The van der Waals surface area contributed by atoms with Crippen LogP contribution in [0, 0.1) is 0 Å². The fourth-order valence-corrected chi connectivity index (χ4v) is 5.57. The molecule has 0 unspecified atom stereocenters. The van der Waals surface area contributed by atoms with Gasteiger partial charge >= 0.3 is 0 Å². The third-order valence-electron chi connectivity index (χ3n) is 7.29. The zero-order valence-corrected chi connectivity index (χ0v) is 19.3. The molecule has 174 valence electrons. The first-order valence-electron chi connectivity index (χ1n) is 12.1. The number of fused-ring (bicyclic) bond motifs is 2. The quantitative estimate of drug-likeness (QED) is 0.485. The normalized spacial score (nSPS) is 17.1. The van der Waals surface area contributed by atoms with Crippen LogP contribution in [0.3, 0.4) is 0 Å². The van der Waals surface area contributed by atoms with Crippen molar-refractivity contribution in [1.82, 2.24) is 25.2 Å². The maximum Gasteiger partial charge on any atom is 0.254 e. The summed E-state index contributed by atoms with van der Waals surface area (Å²) in [5.74, 6) is 1.45. The number of H-pyrrole nitrogens is 1. The number of nitrogens with one attached hydrogen (secondary N) is 1. The lowest BCUT2D eigenvalue weighted by atomic mass is 9.95. The van der Waals surface area contributed by atoms with E-state index in [1.807, 2.05) is 28.9 Å². The highest BCUT2D eigenvalue weighted by atomic mass is 16.5. The van der Waals surface area contributed by atoms with E-state index in [9.17, 15) is 4.79 Å². The van der Waals surface area contributed by atoms with Gasteiger partial charge in [0.25, 0.3) is 5.56 Å². The van der Waals surface area contributed by atoms with E-state index >= 15 is 0 Å². The molecule has 8 nitrogen and oxygen atoms in total. The highest BCUT2D eigenvalue weighted by Crippen LogP contribution is 2.39. The lowest BCUT2D eigenvalue weighted by Crippen LogP contribution is -2.35. The maximum absolute atomic E-state index is 13.5. The largest absolute Gasteiger partial charge is 0.497 e. The first-order valence-corrected chi connectivity index (χ1v) is 12.1. The number of aromatic nitrogens is 5. The van der Waals surface area contributed by atoms with Gasteiger partial charge in [0.05, 0.1) is 18.7 Å². The molecular formula is C26H28N6O2. The van der Waals surface area contributed by atoms with Crippen molar-refractivity contribution in [2.24, 2.45) is 0 Å². The predicted octanol–water partition coefficient (Wildman–Crippen LogP) is 4.18. The molecule has 0 spiro atoms. The minimum absolute atomic E-state index is 0.131. The van der Waals surface area contributed by atoms with Gasteiger partial charge in [-0.15, -0.1) is 5.10 Å². The second kappa shape index (κ2) is 8.59. The number of hydrogen-bond donors (Lipinski definition) is 1. The molecule has 2 aromatic heterocycles. The lowest BCUT2D eigenvalue weighted by molar-refractivity contribution is 0.313. The Bertz CT molecular complexity index is 1390. The van der Waals surface area contributed by atoms with Crippen LogP contribution in [-0.4, -0.2) is 38.8 Å². The summed E-state index contributed by atoms with van der Waals surface area (Å²) in [6, 6.07) is 16.0. The summed E-state index contributed by atoms with van der Waals surface area (Å²) in [4.78, 5) is 18.9. The van der Waals surface area contributed by atoms with Crippen LogP contribution < -0.4 is 15.2 Å². The van der Waals surface area contributed by atoms with Gasteiger partial charge in [-0.25, -0.2) is 4.68 Å². The molecule has 0 amide bonds. The van der Waals surface area contributed by atoms with Crippen molar-refractivity contribution in [3.05, 3.63) is 75.8 Å². The molecule has 1 aliphatic carbocycles. The van der Waals surface area contributed by atoms with E-state index in [0.29, 0.717) is 11.3 Å². The molecule has 2 aliphatic rings. The van der Waals surface area contributed by atoms with E-state index in [1.54, 1.807) is 7.11 Å². The number of aromatic amines is 1. The molecular weight excluding hydrogens is 428 g/mol. The van der Waals surface area contributed by atoms with Crippen LogP contribution in [-0.2, 0) is 6.42 Å². The van der Waals surface area contributed by atoms with Crippen LogP contribution in [0.4, 0.5) is 5.69 Å². The van der Waals surface area contributed by atoms with Crippen molar-refractivity contribution in [3.8, 4) is 5.75 Å². The Morgan fingerprint density at radius 1 is 1.09 bits per heavy atom. The van der Waals surface area contributed by atoms with Gasteiger partial charge in [0, 0.05) is 23.9 Å². The Morgan fingerprint density at radius 2 is 1.94 bits per heavy atom. The molecule has 0 saturated heterocycles. The van der Waals surface area contributed by atoms with Crippen LogP contribution in [0.5, 0.6) is 5.75 Å². The molecule has 8 heteroatoms. The van der Waals surface area contributed by atoms with Crippen LogP contribution in [0.2, 0.25) is 0 Å². The minimum Gasteiger partial charge on any atom is -0.497 e. The molecule has 1 atom stereocenters. The number of pyridine rings is 1. The summed E-state index contributed by atoms with van der Waals surface area (Å²) in [7, 11) is 1.62. The molecule has 1 saturated carbocycles. The fourth-order valence-electron chi connectivity index (χ4n) is 5.57. The third-order valence-corrected chi connectivity index (χ3v) is 7.29. The summed E-state index contributed by atoms with van der Waals surface area (Å²) in [6.45, 7) is 0.807. The van der Waals surface area contributed by atoms with Gasteiger partial charge < -0.3 is 14.6 Å². The van der Waals surface area contributed by atoms with Gasteiger partial charge in [0.2, 0.25) is 0 Å². The van der Waals surface area contributed by atoms with Crippen LogP contribution in [0.25, 0.3) is 10.9 Å². The molecule has 1 N–H and O–H groups in total. The highest BCUT2D eigenvalue weighted by molar-refractivity contribution is 5.81. The number of ether oxygens (including phenoxy) is 1. The van der Waals surface area contributed by atoms with Crippen LogP contribution in [0.1, 0.15) is 61.1 Å². The molecule has 0 radical (unpaired) electrons. The average molecular weight is 457 g/mol. The van der Waals surface area contributed by atoms with Crippen molar-refractivity contribution in [3.63, 3.8) is 0 Å². The predicted molar refractivity (Wildman–Crippen MR) is 130 cm³/mol. The van der Waals surface area contributed by atoms with Gasteiger partial charge in [-0.3, -0.25) is 4.79 Å². The van der Waals surface area contributed by atoms with E-state index in [-0.39, 0.29) is 17.6 Å². The second-order valence-electron chi connectivity index (χ2n) is 9.26. The molecule has 1 fully saturated rings. The standard InChI is InChI=1S/C26H28N6O2/c1-34-20-12-11-18-15-21(26(33)27-22(18)16-20)24(31-14-13-17-7-5-6-10-23(17)31)25-28-29-30-32(25)19-8-3-2-4-9-19/h5-7,10-12,15-16,19,24H,2-4,8-9,13-14H2,1H3,(H,27,33)/t24-/m1/s1. The van der Waals surface area contributed by atoms with Crippen LogP contribution >= 0.6 is 0 Å². The Kier molecular flexibility index (Phi) is 5.28. The molecule has 34 heavy (non-hydrogen) atoms. The Labute approximate surface area is 197 Å². The first-order chi connectivity index (χ1) is 16.7. The lowest BCUT2D eigenvalue weighted by Gasteiger charge is -2.31. The maximum atomic E-state index is 13.5. The van der Waals surface area contributed by atoms with Crippen molar-refractivity contribution in [2.75, 3.05) is 18.6 Å². The van der Waals surface area contributed by atoms with Crippen molar-refractivity contribution in [2.45, 2.75) is 50.6 Å². The summed E-state index contributed by atoms with van der Waals surface area (Å²) >= 11 is 0. The molecule has 0 bridgehead atoms. The summed E-state index contributed by atoms with van der Waals surface area (Å²) < 4.78 is 7.33. The van der Waals surface area contributed by atoms with Crippen molar-refractivity contribution in [1.29, 1.82) is 0 Å². The van der Waals surface area contributed by atoms with Gasteiger partial charge in [-0.2, -0.15) is 0 Å². The summed E-state index contributed by atoms with van der Waals surface area (Å²) in [6.07, 6.45) is 6.68. The molecule has 6 rings (SSSR count). The van der Waals surface area contributed by atoms with Gasteiger partial charge in [-0.1, -0.05) is 37.5 Å². The Hall–Kier alpha value is -3.68. The summed E-state index contributed by atoms with van der Waals surface area (Å²) in [5.41, 5.74) is 3.70. The molecule has 3 heterocycles. The van der Waals surface area contributed by atoms with Crippen LogP contribution in [0.15, 0.2) is 53.3 Å². The Balaban J connectivity index is 1.53. The zero-order chi connectivity index (χ0) is 23.1. The number of benzene rings is 2. The summed E-state index contributed by atoms with van der Waals surface area (Å²) in [5, 5.41) is 14.0. The number of rotatable bonds is 5. The SMILES string of the molecule is COc1ccc2cc([C@H](c3nnnn3C3CCCCC3)N3CCc4ccccc43)c(=O)[nH]c2c1. The number of tetrazole rings is 1. The average Bonchev–Trinajstić information content (AvgIpc) is 3.53. The number of nitrogens with zero attached hydrogens (tertiary/aromatic N) is 5. The topological polar surface area (TPSA) is 88.9 Å². The number of para-hydroxylation sites is 1. The van der Waals surface area contributed by atoms with E-state index in [2.05, 4.69) is 49.7 Å². The zero-order valence-electron chi connectivity index (χ0n) is 19.3. The van der Waals surface area contributed by atoms with E-state index in [0.717, 1.165) is 48.2 Å². The number of methoxy groups -OCH3 is 1. The van der Waals surface area contributed by atoms with E-state index < -0.39 is 0 Å². The monoisotopic (exact) mass is 456 g/mol. The van der Waals surface area contributed by atoms with Gasteiger partial charge in [0.1, 0.15) is 11.8 Å². The molecule has 4 aromatic rings. The van der Waals surface area contributed by atoms with E-state index in [4.69, 9.17) is 4.74 Å². The smallest absolute Gasteiger partial charge is 0.254 e. The van der Waals surface area contributed by atoms with E-state index in [1.165, 1.54) is 24.8 Å². The third kappa shape index (κ3) is 3.54. The van der Waals surface area contributed by atoms with Gasteiger partial charge in [-0.05, 0) is 64.9 Å².